The van der Waals surface area contributed by atoms with E-state index in [9.17, 15) is 9.90 Å². The zero-order valence-electron chi connectivity index (χ0n) is 13.3. The minimum absolute atomic E-state index is 0.159. The van der Waals surface area contributed by atoms with Gasteiger partial charge in [-0.15, -0.1) is 0 Å². The van der Waals surface area contributed by atoms with Gasteiger partial charge < -0.3 is 14.7 Å². The first kappa shape index (κ1) is 15.3. The smallest absolute Gasteiger partial charge is 0.227 e. The van der Waals surface area contributed by atoms with Gasteiger partial charge in [0.05, 0.1) is 12.5 Å². The van der Waals surface area contributed by atoms with Crippen LogP contribution in [0.15, 0.2) is 24.3 Å². The van der Waals surface area contributed by atoms with Crippen LogP contribution in [0.3, 0.4) is 0 Å². The zero-order chi connectivity index (χ0) is 15.6. The van der Waals surface area contributed by atoms with Crippen LogP contribution in [0.5, 0.6) is 5.75 Å². The molecule has 2 fully saturated rings. The van der Waals surface area contributed by atoms with Gasteiger partial charge in [-0.1, -0.05) is 18.6 Å². The van der Waals surface area contributed by atoms with Gasteiger partial charge in [0.15, 0.2) is 0 Å². The number of aromatic hydroxyl groups is 1. The number of carbonyl (C=O) groups is 1. The van der Waals surface area contributed by atoms with Gasteiger partial charge in [0.25, 0.3) is 0 Å². The van der Waals surface area contributed by atoms with Crippen molar-refractivity contribution in [2.75, 3.05) is 20.2 Å². The summed E-state index contributed by atoms with van der Waals surface area (Å²) in [4.78, 5) is 14.6. The number of piperidine rings is 1. The number of hydrogen-bond acceptors (Lipinski definition) is 3. The largest absolute Gasteiger partial charge is 0.508 e. The van der Waals surface area contributed by atoms with Crippen molar-refractivity contribution in [3.8, 4) is 5.75 Å². The fourth-order valence-electron chi connectivity index (χ4n) is 4.27. The fraction of sp³-hybridized carbons (Fsp3) is 0.611. The van der Waals surface area contributed by atoms with E-state index in [0.717, 1.165) is 31.5 Å². The minimum atomic E-state index is 0.159. The van der Waals surface area contributed by atoms with Crippen LogP contribution < -0.4 is 0 Å². The van der Waals surface area contributed by atoms with Crippen LogP contribution in [0.1, 0.15) is 37.7 Å². The number of nitrogens with zero attached hydrogens (tertiary/aromatic N) is 1. The maximum absolute atomic E-state index is 12.6. The standard InChI is InChI=1S/C18H25NO3/c1-22-16-7-3-8-18(16)9-4-10-19(13-18)17(21)12-14-5-2-6-15(20)11-14/h2,5-6,11,16,20H,3-4,7-10,12-13H2,1H3/t16-,18+/m1/s1. The predicted molar refractivity (Wildman–Crippen MR) is 84.7 cm³/mol. The van der Waals surface area contributed by atoms with Crippen molar-refractivity contribution in [1.29, 1.82) is 0 Å². The maximum atomic E-state index is 12.6. The van der Waals surface area contributed by atoms with Crippen LogP contribution in [-0.2, 0) is 16.0 Å². The van der Waals surface area contributed by atoms with E-state index in [1.54, 1.807) is 25.3 Å². The lowest BCUT2D eigenvalue weighted by Crippen LogP contribution is -2.50. The van der Waals surface area contributed by atoms with Crippen molar-refractivity contribution in [3.05, 3.63) is 29.8 Å². The van der Waals surface area contributed by atoms with Crippen LogP contribution in [0.2, 0.25) is 0 Å². The van der Waals surface area contributed by atoms with E-state index in [1.807, 2.05) is 11.0 Å². The van der Waals surface area contributed by atoms with Crippen LogP contribution in [0.4, 0.5) is 0 Å². The number of ether oxygens (including phenoxy) is 1. The lowest BCUT2D eigenvalue weighted by Gasteiger charge is -2.43. The summed E-state index contributed by atoms with van der Waals surface area (Å²) in [6.45, 7) is 1.67. The molecule has 1 aliphatic carbocycles. The van der Waals surface area contributed by atoms with Gasteiger partial charge in [-0.3, -0.25) is 4.79 Å². The Morgan fingerprint density at radius 2 is 2.23 bits per heavy atom. The molecule has 1 aromatic rings. The highest BCUT2D eigenvalue weighted by molar-refractivity contribution is 5.79. The highest BCUT2D eigenvalue weighted by atomic mass is 16.5. The molecule has 1 saturated carbocycles. The van der Waals surface area contributed by atoms with E-state index in [1.165, 1.54) is 19.3 Å². The Hall–Kier alpha value is -1.55. The number of phenols is 1. The van der Waals surface area contributed by atoms with Gasteiger partial charge in [-0.05, 0) is 43.4 Å². The Morgan fingerprint density at radius 3 is 3.00 bits per heavy atom. The average molecular weight is 303 g/mol. The monoisotopic (exact) mass is 303 g/mol. The number of benzene rings is 1. The first-order valence-corrected chi connectivity index (χ1v) is 8.21. The number of hydrogen-bond donors (Lipinski definition) is 1. The zero-order valence-corrected chi connectivity index (χ0v) is 13.3. The second kappa shape index (κ2) is 6.29. The number of rotatable bonds is 3. The Morgan fingerprint density at radius 1 is 1.41 bits per heavy atom. The number of likely N-dealkylation sites (tertiary alicyclic amines) is 1. The highest BCUT2D eigenvalue weighted by Gasteiger charge is 2.46. The number of methoxy groups -OCH3 is 1. The Balaban J connectivity index is 1.68. The minimum Gasteiger partial charge on any atom is -0.508 e. The van der Waals surface area contributed by atoms with Crippen molar-refractivity contribution >= 4 is 5.91 Å². The van der Waals surface area contributed by atoms with E-state index in [2.05, 4.69) is 0 Å². The van der Waals surface area contributed by atoms with Crippen molar-refractivity contribution in [2.24, 2.45) is 5.41 Å². The molecule has 0 bridgehead atoms. The summed E-state index contributed by atoms with van der Waals surface area (Å²) >= 11 is 0. The van der Waals surface area contributed by atoms with Gasteiger partial charge in [0, 0.05) is 25.6 Å². The second-order valence-corrected chi connectivity index (χ2v) is 6.74. The first-order chi connectivity index (χ1) is 10.6. The molecule has 0 aromatic heterocycles. The summed E-state index contributed by atoms with van der Waals surface area (Å²) in [6, 6.07) is 6.98. The second-order valence-electron chi connectivity index (χ2n) is 6.74. The fourth-order valence-corrected chi connectivity index (χ4v) is 4.27. The predicted octanol–water partition coefficient (Wildman–Crippen LogP) is 2.74. The van der Waals surface area contributed by atoms with Gasteiger partial charge in [-0.25, -0.2) is 0 Å². The normalized spacial score (nSPS) is 28.2. The third-order valence-electron chi connectivity index (χ3n) is 5.34. The van der Waals surface area contributed by atoms with E-state index in [0.29, 0.717) is 12.5 Å². The molecule has 1 heterocycles. The summed E-state index contributed by atoms with van der Waals surface area (Å²) in [6.07, 6.45) is 6.37. The van der Waals surface area contributed by atoms with E-state index >= 15 is 0 Å². The van der Waals surface area contributed by atoms with Crippen molar-refractivity contribution in [2.45, 2.75) is 44.6 Å². The molecular formula is C18H25NO3. The van der Waals surface area contributed by atoms with Crippen molar-refractivity contribution < 1.29 is 14.6 Å². The molecule has 22 heavy (non-hydrogen) atoms. The topological polar surface area (TPSA) is 49.8 Å². The van der Waals surface area contributed by atoms with Gasteiger partial charge >= 0.3 is 0 Å². The SMILES string of the molecule is CO[C@@H]1CCC[C@@]12CCCN(C(=O)Cc1cccc(O)c1)C2. The molecule has 120 valence electrons. The van der Waals surface area contributed by atoms with Crippen molar-refractivity contribution in [3.63, 3.8) is 0 Å². The lowest BCUT2D eigenvalue weighted by atomic mass is 9.76. The van der Waals surface area contributed by atoms with Gasteiger partial charge in [0.1, 0.15) is 5.75 Å². The molecule has 1 aromatic carbocycles. The molecule has 3 rings (SSSR count). The Labute approximate surface area is 132 Å². The third kappa shape index (κ3) is 2.98. The quantitative estimate of drug-likeness (QED) is 0.934. The number of phenolic OH excluding ortho intramolecular Hbond substituents is 1. The summed E-state index contributed by atoms with van der Waals surface area (Å²) < 4.78 is 5.70. The molecule has 1 aliphatic heterocycles. The molecule has 0 radical (unpaired) electrons. The maximum Gasteiger partial charge on any atom is 0.227 e. The molecule has 2 aliphatic rings. The molecule has 2 atom stereocenters. The van der Waals surface area contributed by atoms with Crippen LogP contribution in [0.25, 0.3) is 0 Å². The highest BCUT2D eigenvalue weighted by Crippen LogP contribution is 2.46. The van der Waals surface area contributed by atoms with E-state index in [-0.39, 0.29) is 17.1 Å². The van der Waals surface area contributed by atoms with Crippen LogP contribution >= 0.6 is 0 Å². The Kier molecular flexibility index (Phi) is 4.39. The molecule has 0 unspecified atom stereocenters. The lowest BCUT2D eigenvalue weighted by molar-refractivity contribution is -0.136. The van der Waals surface area contributed by atoms with Crippen LogP contribution in [-0.4, -0.2) is 42.2 Å². The average Bonchev–Trinajstić information content (AvgIpc) is 2.89. The molecule has 1 spiro atoms. The summed E-state index contributed by atoms with van der Waals surface area (Å²) in [7, 11) is 1.80. The molecule has 4 nitrogen and oxygen atoms in total. The van der Waals surface area contributed by atoms with Gasteiger partial charge in [0.2, 0.25) is 5.91 Å². The van der Waals surface area contributed by atoms with Crippen molar-refractivity contribution in [1.82, 2.24) is 4.90 Å². The van der Waals surface area contributed by atoms with Gasteiger partial charge in [-0.2, -0.15) is 0 Å². The number of amides is 1. The molecule has 1 N–H and O–H groups in total. The molecule has 1 amide bonds. The summed E-state index contributed by atoms with van der Waals surface area (Å²) in [5.74, 6) is 0.377. The first-order valence-electron chi connectivity index (χ1n) is 8.21. The Bertz CT molecular complexity index is 545. The third-order valence-corrected chi connectivity index (χ3v) is 5.34. The van der Waals surface area contributed by atoms with E-state index < -0.39 is 0 Å². The summed E-state index contributed by atoms with van der Waals surface area (Å²) in [5, 5.41) is 9.53. The van der Waals surface area contributed by atoms with Crippen LogP contribution in [0, 0.1) is 5.41 Å². The number of carbonyl (C=O) groups excluding carboxylic acids is 1. The van der Waals surface area contributed by atoms with E-state index in [4.69, 9.17) is 4.74 Å². The molecular weight excluding hydrogens is 278 g/mol. The molecule has 1 saturated heterocycles. The molecule has 4 heteroatoms. The summed E-state index contributed by atoms with van der Waals surface area (Å²) in [5.41, 5.74) is 1.04.